The Kier molecular flexibility index (Phi) is 7.97. The zero-order valence-electron chi connectivity index (χ0n) is 17.8. The molecule has 1 amide bonds. The van der Waals surface area contributed by atoms with Crippen LogP contribution in [0.2, 0.25) is 0 Å². The van der Waals surface area contributed by atoms with Crippen LogP contribution in [-0.4, -0.2) is 39.5 Å². The van der Waals surface area contributed by atoms with Crippen molar-refractivity contribution in [2.45, 2.75) is 30.8 Å². The average Bonchev–Trinajstić information content (AvgIpc) is 2.79. The van der Waals surface area contributed by atoms with E-state index >= 15 is 0 Å². The van der Waals surface area contributed by atoms with Gasteiger partial charge in [0.25, 0.3) is 5.91 Å². The number of amides is 1. The number of esters is 1. The molecule has 8 heteroatoms. The van der Waals surface area contributed by atoms with Gasteiger partial charge in [-0.2, -0.15) is 0 Å². The van der Waals surface area contributed by atoms with Crippen LogP contribution in [0.4, 0.5) is 0 Å². The fourth-order valence-electron chi connectivity index (χ4n) is 3.13. The van der Waals surface area contributed by atoms with E-state index in [0.717, 1.165) is 16.3 Å². The van der Waals surface area contributed by atoms with Crippen molar-refractivity contribution in [1.82, 2.24) is 10.0 Å². The normalized spacial score (nSPS) is 12.3. The summed E-state index contributed by atoms with van der Waals surface area (Å²) in [5, 5.41) is 4.47. The minimum Gasteiger partial charge on any atom is -0.453 e. The monoisotopic (exact) mass is 454 g/mol. The summed E-state index contributed by atoms with van der Waals surface area (Å²) < 4.78 is 32.5. The lowest BCUT2D eigenvalue weighted by Gasteiger charge is -2.14. The topological polar surface area (TPSA) is 102 Å². The lowest BCUT2D eigenvalue weighted by Crippen LogP contribution is -2.37. The molecular formula is C24H26N2O5S. The molecular weight excluding hydrogens is 428 g/mol. The van der Waals surface area contributed by atoms with Crippen LogP contribution in [0.5, 0.6) is 0 Å². The van der Waals surface area contributed by atoms with Gasteiger partial charge in [-0.3, -0.25) is 9.59 Å². The van der Waals surface area contributed by atoms with E-state index in [9.17, 15) is 18.0 Å². The van der Waals surface area contributed by atoms with E-state index in [1.54, 1.807) is 12.1 Å². The molecule has 168 valence electrons. The van der Waals surface area contributed by atoms with E-state index in [-0.39, 0.29) is 17.9 Å². The molecule has 0 aliphatic heterocycles. The SMILES string of the molecule is CC(OC(=O)CCNS(=O)(=O)c1ccc2ccccc2c1)C(=O)NCCc1ccccc1. The lowest BCUT2D eigenvalue weighted by atomic mass is 10.1. The summed E-state index contributed by atoms with van der Waals surface area (Å²) >= 11 is 0. The molecule has 0 radical (unpaired) electrons. The van der Waals surface area contributed by atoms with Crippen molar-refractivity contribution in [3.05, 3.63) is 78.4 Å². The average molecular weight is 455 g/mol. The van der Waals surface area contributed by atoms with Crippen molar-refractivity contribution < 1.29 is 22.7 Å². The summed E-state index contributed by atoms with van der Waals surface area (Å²) in [5.41, 5.74) is 1.09. The van der Waals surface area contributed by atoms with Gasteiger partial charge < -0.3 is 10.1 Å². The van der Waals surface area contributed by atoms with Gasteiger partial charge in [0, 0.05) is 13.1 Å². The van der Waals surface area contributed by atoms with Crippen LogP contribution < -0.4 is 10.0 Å². The Morgan fingerprint density at radius 1 is 0.906 bits per heavy atom. The number of rotatable bonds is 10. The van der Waals surface area contributed by atoms with Crippen LogP contribution in [0.25, 0.3) is 10.8 Å². The highest BCUT2D eigenvalue weighted by atomic mass is 32.2. The molecule has 0 aliphatic rings. The highest BCUT2D eigenvalue weighted by Gasteiger charge is 2.19. The summed E-state index contributed by atoms with van der Waals surface area (Å²) in [5.74, 6) is -1.05. The van der Waals surface area contributed by atoms with Crippen molar-refractivity contribution >= 4 is 32.7 Å². The van der Waals surface area contributed by atoms with Gasteiger partial charge in [-0.15, -0.1) is 0 Å². The number of fused-ring (bicyclic) bond motifs is 1. The van der Waals surface area contributed by atoms with Gasteiger partial charge in [-0.25, -0.2) is 13.1 Å². The van der Waals surface area contributed by atoms with Crippen molar-refractivity contribution in [1.29, 1.82) is 0 Å². The molecule has 0 bridgehead atoms. The predicted molar refractivity (Wildman–Crippen MR) is 122 cm³/mol. The van der Waals surface area contributed by atoms with Crippen LogP contribution >= 0.6 is 0 Å². The zero-order valence-corrected chi connectivity index (χ0v) is 18.6. The Hall–Kier alpha value is -3.23. The first kappa shape index (κ1) is 23.4. The maximum absolute atomic E-state index is 12.5. The van der Waals surface area contributed by atoms with Gasteiger partial charge in [0.1, 0.15) is 0 Å². The molecule has 32 heavy (non-hydrogen) atoms. The Labute approximate surface area is 187 Å². The number of nitrogens with one attached hydrogen (secondary N) is 2. The van der Waals surface area contributed by atoms with E-state index in [1.165, 1.54) is 13.0 Å². The summed E-state index contributed by atoms with van der Waals surface area (Å²) in [4.78, 5) is 24.2. The molecule has 0 saturated carbocycles. The third-order valence-corrected chi connectivity index (χ3v) is 6.34. The van der Waals surface area contributed by atoms with Crippen molar-refractivity contribution in [3.8, 4) is 0 Å². The summed E-state index contributed by atoms with van der Waals surface area (Å²) in [6.07, 6.45) is -0.478. The lowest BCUT2D eigenvalue weighted by molar-refractivity contribution is -0.154. The van der Waals surface area contributed by atoms with Gasteiger partial charge in [0.05, 0.1) is 11.3 Å². The van der Waals surface area contributed by atoms with Crippen molar-refractivity contribution in [3.63, 3.8) is 0 Å². The molecule has 0 aromatic heterocycles. The van der Waals surface area contributed by atoms with Gasteiger partial charge >= 0.3 is 5.97 Å². The number of carbonyl (C=O) groups is 2. The highest BCUT2D eigenvalue weighted by Crippen LogP contribution is 2.18. The second kappa shape index (κ2) is 10.9. The Balaban J connectivity index is 1.41. The number of ether oxygens (including phenoxy) is 1. The van der Waals surface area contributed by atoms with E-state index in [1.807, 2.05) is 54.6 Å². The maximum Gasteiger partial charge on any atom is 0.307 e. The van der Waals surface area contributed by atoms with Crippen LogP contribution in [0, 0.1) is 0 Å². The third kappa shape index (κ3) is 6.63. The van der Waals surface area contributed by atoms with Gasteiger partial charge in [-0.05, 0) is 41.8 Å². The summed E-state index contributed by atoms with van der Waals surface area (Å²) in [6, 6.07) is 22.0. The minimum atomic E-state index is -3.77. The van der Waals surface area contributed by atoms with E-state index < -0.39 is 28.0 Å². The molecule has 0 spiro atoms. The first-order valence-electron chi connectivity index (χ1n) is 10.3. The Morgan fingerprint density at radius 2 is 1.59 bits per heavy atom. The molecule has 3 aromatic rings. The van der Waals surface area contributed by atoms with Crippen molar-refractivity contribution in [2.75, 3.05) is 13.1 Å². The standard InChI is InChI=1S/C24H26N2O5S/c1-18(24(28)25-15-13-19-7-3-2-4-8-19)31-23(27)14-16-26-32(29,30)22-12-11-20-9-5-6-10-21(20)17-22/h2-12,17-18,26H,13-16H2,1H3,(H,25,28). The number of carbonyl (C=O) groups excluding carboxylic acids is 2. The van der Waals surface area contributed by atoms with Crippen LogP contribution in [0.1, 0.15) is 18.9 Å². The number of benzene rings is 3. The zero-order chi connectivity index (χ0) is 23.0. The third-order valence-electron chi connectivity index (χ3n) is 4.89. The van der Waals surface area contributed by atoms with E-state index in [2.05, 4.69) is 10.0 Å². The Bertz CT molecular complexity index is 1180. The van der Waals surface area contributed by atoms with Crippen LogP contribution in [0.3, 0.4) is 0 Å². The first-order chi connectivity index (χ1) is 15.3. The smallest absolute Gasteiger partial charge is 0.307 e. The first-order valence-corrected chi connectivity index (χ1v) is 11.8. The second-order valence-electron chi connectivity index (χ2n) is 7.32. The number of hydrogen-bond acceptors (Lipinski definition) is 5. The van der Waals surface area contributed by atoms with Gasteiger partial charge in [0.15, 0.2) is 6.10 Å². The number of sulfonamides is 1. The molecule has 0 heterocycles. The quantitative estimate of drug-likeness (QED) is 0.459. The molecule has 2 N–H and O–H groups in total. The van der Waals surface area contributed by atoms with Gasteiger partial charge in [0.2, 0.25) is 10.0 Å². The highest BCUT2D eigenvalue weighted by molar-refractivity contribution is 7.89. The number of hydrogen-bond donors (Lipinski definition) is 2. The minimum absolute atomic E-state index is 0.121. The molecule has 0 aliphatic carbocycles. The molecule has 0 saturated heterocycles. The predicted octanol–water partition coefficient (Wildman–Crippen LogP) is 2.80. The molecule has 1 unspecified atom stereocenters. The van der Waals surface area contributed by atoms with E-state index in [4.69, 9.17) is 4.74 Å². The summed E-state index contributed by atoms with van der Waals surface area (Å²) in [6.45, 7) is 1.78. The molecule has 1 atom stereocenters. The fraction of sp³-hybridized carbons (Fsp3) is 0.250. The maximum atomic E-state index is 12.5. The summed E-state index contributed by atoms with van der Waals surface area (Å²) in [7, 11) is -3.77. The largest absolute Gasteiger partial charge is 0.453 e. The van der Waals surface area contributed by atoms with Gasteiger partial charge in [-0.1, -0.05) is 60.7 Å². The fourth-order valence-corrected chi connectivity index (χ4v) is 4.20. The molecule has 0 fully saturated rings. The van der Waals surface area contributed by atoms with Crippen LogP contribution in [-0.2, 0) is 30.8 Å². The van der Waals surface area contributed by atoms with Crippen LogP contribution in [0.15, 0.2) is 77.7 Å². The molecule has 3 aromatic carbocycles. The second-order valence-corrected chi connectivity index (χ2v) is 9.08. The Morgan fingerprint density at radius 3 is 2.34 bits per heavy atom. The molecule has 3 rings (SSSR count). The van der Waals surface area contributed by atoms with E-state index in [0.29, 0.717) is 13.0 Å². The van der Waals surface area contributed by atoms with Crippen molar-refractivity contribution in [2.24, 2.45) is 0 Å². The molecule has 7 nitrogen and oxygen atoms in total.